The highest BCUT2D eigenvalue weighted by Crippen LogP contribution is 2.36. The molecule has 0 aliphatic carbocycles. The van der Waals surface area contributed by atoms with Crippen molar-refractivity contribution in [2.24, 2.45) is 0 Å². The molecule has 2 N–H and O–H groups in total. The van der Waals surface area contributed by atoms with Crippen LogP contribution in [-0.4, -0.2) is 34.9 Å². The summed E-state index contributed by atoms with van der Waals surface area (Å²) in [6.07, 6.45) is 0.841. The molecule has 1 saturated heterocycles. The van der Waals surface area contributed by atoms with Gasteiger partial charge in [-0.2, -0.15) is 0 Å². The molecule has 1 fully saturated rings. The van der Waals surface area contributed by atoms with Crippen LogP contribution >= 0.6 is 0 Å². The molecule has 1 rings (SSSR count). The summed E-state index contributed by atoms with van der Waals surface area (Å²) >= 11 is 0. The highest BCUT2D eigenvalue weighted by Gasteiger charge is 2.45. The molecule has 0 aromatic rings. The molecule has 4 heteroatoms. The van der Waals surface area contributed by atoms with Crippen LogP contribution < -0.4 is 5.32 Å². The number of carbonyl (C=O) groups is 1. The topological polar surface area (TPSA) is 58.6 Å². The van der Waals surface area contributed by atoms with E-state index in [0.717, 1.165) is 6.42 Å². The van der Waals surface area contributed by atoms with E-state index in [9.17, 15) is 4.79 Å². The Morgan fingerprint density at radius 3 is 2.43 bits per heavy atom. The Morgan fingerprint density at radius 2 is 2.07 bits per heavy atom. The quantitative estimate of drug-likeness (QED) is 0.715. The Hall–Kier alpha value is -0.610. The Balaban J connectivity index is 2.57. The zero-order valence-electron chi connectivity index (χ0n) is 9.26. The molecule has 0 aromatic carbocycles. The lowest BCUT2D eigenvalue weighted by Gasteiger charge is -2.27. The molecular weight excluding hydrogens is 182 g/mol. The van der Waals surface area contributed by atoms with Gasteiger partial charge in [-0.3, -0.25) is 4.79 Å². The highest BCUT2D eigenvalue weighted by molar-refractivity contribution is 5.69. The second kappa shape index (κ2) is 3.51. The van der Waals surface area contributed by atoms with Crippen molar-refractivity contribution in [2.45, 2.75) is 51.4 Å². The summed E-state index contributed by atoms with van der Waals surface area (Å²) < 4.78 is 5.83. The zero-order chi connectivity index (χ0) is 11.0. The molecule has 82 valence electrons. The van der Waals surface area contributed by atoms with E-state index in [2.05, 4.69) is 5.32 Å². The number of carboxylic acid groups (broad SMARTS) is 1. The Bertz CT molecular complexity index is 236. The van der Waals surface area contributed by atoms with Crippen LogP contribution in [0.2, 0.25) is 0 Å². The predicted molar refractivity (Wildman–Crippen MR) is 53.3 cm³/mol. The van der Waals surface area contributed by atoms with Crippen LogP contribution in [0.15, 0.2) is 0 Å². The van der Waals surface area contributed by atoms with Gasteiger partial charge in [-0.15, -0.1) is 0 Å². The van der Waals surface area contributed by atoms with Gasteiger partial charge < -0.3 is 15.2 Å². The molecule has 4 nitrogen and oxygen atoms in total. The van der Waals surface area contributed by atoms with E-state index >= 15 is 0 Å². The third kappa shape index (κ3) is 2.69. The van der Waals surface area contributed by atoms with Crippen molar-refractivity contribution in [3.63, 3.8) is 0 Å². The Kier molecular flexibility index (Phi) is 2.88. The van der Waals surface area contributed by atoms with Crippen molar-refractivity contribution >= 4 is 5.97 Å². The van der Waals surface area contributed by atoms with Gasteiger partial charge in [0.15, 0.2) is 0 Å². The van der Waals surface area contributed by atoms with Crippen molar-refractivity contribution < 1.29 is 14.6 Å². The molecule has 0 amide bonds. The molecule has 1 unspecified atom stereocenters. The van der Waals surface area contributed by atoms with Gasteiger partial charge in [0.2, 0.25) is 0 Å². The van der Waals surface area contributed by atoms with Crippen molar-refractivity contribution in [1.29, 1.82) is 0 Å². The first-order valence-corrected chi connectivity index (χ1v) is 4.88. The Labute approximate surface area is 84.6 Å². The van der Waals surface area contributed by atoms with Crippen LogP contribution in [0, 0.1) is 0 Å². The molecule has 0 spiro atoms. The van der Waals surface area contributed by atoms with E-state index in [1.54, 1.807) is 0 Å². The number of hydrogen-bond acceptors (Lipinski definition) is 3. The van der Waals surface area contributed by atoms with Crippen LogP contribution in [0.3, 0.4) is 0 Å². The lowest BCUT2D eigenvalue weighted by molar-refractivity contribution is -0.136. The molecule has 1 atom stereocenters. The minimum atomic E-state index is -0.828. The van der Waals surface area contributed by atoms with Gasteiger partial charge in [-0.1, -0.05) is 0 Å². The normalized spacial score (nSPS) is 29.0. The largest absolute Gasteiger partial charge is 0.480 e. The van der Waals surface area contributed by atoms with Gasteiger partial charge >= 0.3 is 5.97 Å². The third-order valence-electron chi connectivity index (χ3n) is 2.57. The van der Waals surface area contributed by atoms with E-state index in [4.69, 9.17) is 9.84 Å². The van der Waals surface area contributed by atoms with E-state index in [0.29, 0.717) is 0 Å². The molecule has 14 heavy (non-hydrogen) atoms. The minimum absolute atomic E-state index is 0.00641. The van der Waals surface area contributed by atoms with Crippen LogP contribution in [0.25, 0.3) is 0 Å². The maximum absolute atomic E-state index is 10.4. The van der Waals surface area contributed by atoms with Gasteiger partial charge in [0.1, 0.15) is 0 Å². The summed E-state index contributed by atoms with van der Waals surface area (Å²) in [5.74, 6) is -0.828. The van der Waals surface area contributed by atoms with Crippen molar-refractivity contribution in [2.75, 3.05) is 6.54 Å². The summed E-state index contributed by atoms with van der Waals surface area (Å²) in [7, 11) is 0. The summed E-state index contributed by atoms with van der Waals surface area (Å²) in [5, 5.41) is 11.6. The molecule has 0 saturated carbocycles. The minimum Gasteiger partial charge on any atom is -0.480 e. The van der Waals surface area contributed by atoms with Crippen LogP contribution in [0.4, 0.5) is 0 Å². The fourth-order valence-corrected chi connectivity index (χ4v) is 2.09. The highest BCUT2D eigenvalue weighted by atomic mass is 16.5. The maximum atomic E-state index is 10.4. The maximum Gasteiger partial charge on any atom is 0.317 e. The fraction of sp³-hybridized carbons (Fsp3) is 0.900. The zero-order valence-corrected chi connectivity index (χ0v) is 9.26. The van der Waals surface area contributed by atoms with Gasteiger partial charge in [0.05, 0.1) is 17.7 Å². The molecule has 1 aliphatic rings. The van der Waals surface area contributed by atoms with E-state index in [1.165, 1.54) is 0 Å². The van der Waals surface area contributed by atoms with Crippen molar-refractivity contribution in [3.05, 3.63) is 0 Å². The molecular formula is C10H19NO3. The van der Waals surface area contributed by atoms with Gasteiger partial charge in [0.25, 0.3) is 0 Å². The fourth-order valence-electron chi connectivity index (χ4n) is 2.09. The molecule has 0 radical (unpaired) electrons. The number of carboxylic acids is 1. The van der Waals surface area contributed by atoms with Crippen LogP contribution in [0.5, 0.6) is 0 Å². The van der Waals surface area contributed by atoms with Gasteiger partial charge in [-0.25, -0.2) is 0 Å². The standard InChI is InChI=1S/C10H19NO3/c1-9(2)5-7(10(3,4)14-9)11-6-8(12)13/h7,11H,5-6H2,1-4H3,(H,12,13). The second-order valence-corrected chi connectivity index (χ2v) is 5.00. The second-order valence-electron chi connectivity index (χ2n) is 5.00. The van der Waals surface area contributed by atoms with Gasteiger partial charge in [-0.05, 0) is 34.1 Å². The Morgan fingerprint density at radius 1 is 1.50 bits per heavy atom. The number of aliphatic carboxylic acids is 1. The summed E-state index contributed by atoms with van der Waals surface area (Å²) in [6.45, 7) is 8.02. The van der Waals surface area contributed by atoms with Crippen molar-refractivity contribution in [1.82, 2.24) is 5.32 Å². The first kappa shape index (κ1) is 11.5. The lowest BCUT2D eigenvalue weighted by Crippen LogP contribution is -2.45. The molecule has 0 bridgehead atoms. The third-order valence-corrected chi connectivity index (χ3v) is 2.57. The lowest BCUT2D eigenvalue weighted by atomic mass is 9.94. The predicted octanol–water partition coefficient (Wildman–Crippen LogP) is 1.01. The van der Waals surface area contributed by atoms with Crippen LogP contribution in [-0.2, 0) is 9.53 Å². The number of ether oxygens (including phenoxy) is 1. The number of rotatable bonds is 3. The summed E-state index contributed by atoms with van der Waals surface area (Å²) in [6, 6.07) is 0.105. The summed E-state index contributed by atoms with van der Waals surface area (Å²) in [5.41, 5.74) is -0.460. The SMILES string of the molecule is CC1(C)CC(NCC(=O)O)C(C)(C)O1. The molecule has 0 aromatic heterocycles. The smallest absolute Gasteiger partial charge is 0.317 e. The van der Waals surface area contributed by atoms with E-state index in [-0.39, 0.29) is 23.8 Å². The van der Waals surface area contributed by atoms with E-state index < -0.39 is 5.97 Å². The number of nitrogens with one attached hydrogen (secondary N) is 1. The van der Waals surface area contributed by atoms with Crippen LogP contribution in [0.1, 0.15) is 34.1 Å². The van der Waals surface area contributed by atoms with Gasteiger partial charge in [0, 0.05) is 6.04 Å². The monoisotopic (exact) mass is 201 g/mol. The average Bonchev–Trinajstić information content (AvgIpc) is 2.14. The summed E-state index contributed by atoms with van der Waals surface area (Å²) in [4.78, 5) is 10.4. The van der Waals surface area contributed by atoms with Crippen molar-refractivity contribution in [3.8, 4) is 0 Å². The molecule has 1 aliphatic heterocycles. The first-order valence-electron chi connectivity index (χ1n) is 4.88. The molecule has 1 heterocycles. The van der Waals surface area contributed by atoms with E-state index in [1.807, 2.05) is 27.7 Å². The average molecular weight is 201 g/mol. The first-order chi connectivity index (χ1) is 6.23. The number of hydrogen-bond donors (Lipinski definition) is 2.